The lowest BCUT2D eigenvalue weighted by Gasteiger charge is -2.14. The van der Waals surface area contributed by atoms with Gasteiger partial charge in [-0.2, -0.15) is 5.10 Å². The highest BCUT2D eigenvalue weighted by Gasteiger charge is 2.15. The van der Waals surface area contributed by atoms with Crippen LogP contribution in [0.1, 0.15) is 15.3 Å². The zero-order valence-electron chi connectivity index (χ0n) is 14.5. The van der Waals surface area contributed by atoms with Gasteiger partial charge in [-0.3, -0.25) is 5.43 Å². The maximum atomic E-state index is 11.1. The Labute approximate surface area is 161 Å². The van der Waals surface area contributed by atoms with Gasteiger partial charge in [0.2, 0.25) is 10.0 Å². The van der Waals surface area contributed by atoms with E-state index in [1.54, 1.807) is 23.1 Å². The van der Waals surface area contributed by atoms with Crippen LogP contribution in [0.4, 0.5) is 5.69 Å². The van der Waals surface area contributed by atoms with Gasteiger partial charge in [-0.1, -0.05) is 30.0 Å². The Kier molecular flexibility index (Phi) is 6.13. The molecule has 0 amide bonds. The largest absolute Gasteiger partial charge is 0.255 e. The molecule has 0 aliphatic carbocycles. The lowest BCUT2D eigenvalue weighted by Crippen LogP contribution is -2.24. The molecule has 1 aliphatic rings. The number of hydrogen-bond acceptors (Lipinski definition) is 6. The van der Waals surface area contributed by atoms with Gasteiger partial charge >= 0.3 is 0 Å². The van der Waals surface area contributed by atoms with Crippen LogP contribution in [0.3, 0.4) is 0 Å². The number of nitrogens with one attached hydrogen (secondary N) is 2. The number of thiophene rings is 1. The number of amidine groups is 1. The van der Waals surface area contributed by atoms with Crippen LogP contribution in [0.25, 0.3) is 0 Å². The van der Waals surface area contributed by atoms with Crippen LogP contribution in [-0.4, -0.2) is 37.9 Å². The second-order valence-corrected chi connectivity index (χ2v) is 9.81. The molecule has 138 valence electrons. The predicted octanol–water partition coefficient (Wildman–Crippen LogP) is 2.88. The van der Waals surface area contributed by atoms with Gasteiger partial charge in [-0.25, -0.2) is 18.1 Å². The summed E-state index contributed by atoms with van der Waals surface area (Å²) in [6, 6.07) is 12.0. The average Bonchev–Trinajstić information content (AvgIpc) is 3.05. The Morgan fingerprint density at radius 2 is 2.08 bits per heavy atom. The third-order valence-electron chi connectivity index (χ3n) is 3.65. The minimum Gasteiger partial charge on any atom is -0.255 e. The van der Waals surface area contributed by atoms with Crippen molar-refractivity contribution >= 4 is 49.7 Å². The van der Waals surface area contributed by atoms with E-state index >= 15 is 0 Å². The summed E-state index contributed by atoms with van der Waals surface area (Å²) in [5.74, 6) is 0.749. The van der Waals surface area contributed by atoms with Crippen molar-refractivity contribution in [2.75, 3.05) is 18.6 Å². The zero-order chi connectivity index (χ0) is 18.6. The van der Waals surface area contributed by atoms with E-state index in [2.05, 4.69) is 20.2 Å². The Morgan fingerprint density at radius 1 is 1.27 bits per heavy atom. The van der Waals surface area contributed by atoms with Crippen LogP contribution < -0.4 is 10.1 Å². The first-order valence-electron chi connectivity index (χ1n) is 8.04. The quantitative estimate of drug-likeness (QED) is 0.770. The van der Waals surface area contributed by atoms with Crippen LogP contribution in [0.2, 0.25) is 0 Å². The smallest absolute Gasteiger partial charge is 0.208 e. The Bertz CT molecular complexity index is 948. The molecule has 1 aromatic carbocycles. The van der Waals surface area contributed by atoms with Crippen molar-refractivity contribution < 1.29 is 8.42 Å². The highest BCUT2D eigenvalue weighted by Crippen LogP contribution is 2.24. The van der Waals surface area contributed by atoms with Crippen molar-refractivity contribution in [1.29, 1.82) is 0 Å². The van der Waals surface area contributed by atoms with E-state index in [0.717, 1.165) is 37.6 Å². The SMILES string of the molecule is Cc1ccccc1N=C1NN=C(c2ccc(CCNS(C)(=O)=O)s2)CS1. The van der Waals surface area contributed by atoms with Gasteiger partial charge in [-0.05, 0) is 37.1 Å². The fourth-order valence-corrected chi connectivity index (χ4v) is 4.65. The summed E-state index contributed by atoms with van der Waals surface area (Å²) in [6.07, 6.45) is 1.84. The van der Waals surface area contributed by atoms with E-state index in [9.17, 15) is 8.42 Å². The lowest BCUT2D eigenvalue weighted by atomic mass is 10.2. The van der Waals surface area contributed by atoms with Gasteiger partial charge in [-0.15, -0.1) is 11.3 Å². The first-order valence-corrected chi connectivity index (χ1v) is 11.7. The van der Waals surface area contributed by atoms with Crippen LogP contribution in [0.15, 0.2) is 46.5 Å². The number of hydrazone groups is 1. The molecule has 0 saturated heterocycles. The molecule has 0 radical (unpaired) electrons. The molecule has 6 nitrogen and oxygen atoms in total. The van der Waals surface area contributed by atoms with Gasteiger partial charge in [0.25, 0.3) is 0 Å². The van der Waals surface area contributed by atoms with Crippen LogP contribution in [-0.2, 0) is 16.4 Å². The number of aryl methyl sites for hydroxylation is 1. The van der Waals surface area contributed by atoms with Gasteiger partial charge in [0.05, 0.1) is 22.5 Å². The van der Waals surface area contributed by atoms with E-state index in [0.29, 0.717) is 13.0 Å². The summed E-state index contributed by atoms with van der Waals surface area (Å²) in [4.78, 5) is 6.83. The number of sulfonamides is 1. The summed E-state index contributed by atoms with van der Waals surface area (Å²) in [7, 11) is -3.14. The monoisotopic (exact) mass is 408 g/mol. The molecule has 26 heavy (non-hydrogen) atoms. The van der Waals surface area contributed by atoms with Crippen LogP contribution >= 0.6 is 23.1 Å². The number of nitrogens with zero attached hydrogens (tertiary/aromatic N) is 2. The minimum atomic E-state index is -3.14. The Morgan fingerprint density at radius 3 is 2.77 bits per heavy atom. The minimum absolute atomic E-state index is 0.408. The second-order valence-electron chi connectivity index (χ2n) is 5.84. The molecular weight excluding hydrogens is 388 g/mol. The molecule has 1 aliphatic heterocycles. The van der Waals surface area contributed by atoms with Crippen molar-refractivity contribution in [3.8, 4) is 0 Å². The summed E-state index contributed by atoms with van der Waals surface area (Å²) >= 11 is 3.26. The fourth-order valence-electron chi connectivity index (χ4n) is 2.33. The molecule has 3 rings (SSSR count). The van der Waals surface area contributed by atoms with E-state index in [4.69, 9.17) is 0 Å². The molecule has 0 atom stereocenters. The lowest BCUT2D eigenvalue weighted by molar-refractivity contribution is 0.588. The van der Waals surface area contributed by atoms with Crippen molar-refractivity contribution in [2.45, 2.75) is 13.3 Å². The molecular formula is C17H20N4O2S3. The molecule has 0 unspecified atom stereocenters. The third kappa shape index (κ3) is 5.41. The molecule has 0 bridgehead atoms. The van der Waals surface area contributed by atoms with Crippen molar-refractivity contribution in [3.63, 3.8) is 0 Å². The van der Waals surface area contributed by atoms with Crippen molar-refractivity contribution in [1.82, 2.24) is 10.1 Å². The standard InChI is InChI=1S/C17H20N4O2S3/c1-12-5-3-4-6-14(12)19-17-21-20-15(11-24-17)16-8-7-13(25-16)9-10-18-26(2,22)23/h3-8,18H,9-11H2,1-2H3,(H,19,21). The van der Waals surface area contributed by atoms with Gasteiger partial charge in [0.15, 0.2) is 5.17 Å². The molecule has 9 heteroatoms. The Balaban J connectivity index is 1.62. The van der Waals surface area contributed by atoms with Crippen LogP contribution in [0.5, 0.6) is 0 Å². The summed E-state index contributed by atoms with van der Waals surface area (Å²) < 4.78 is 24.7. The normalized spacial score (nSPS) is 16.4. The third-order valence-corrected chi connectivity index (χ3v) is 6.45. The average molecular weight is 409 g/mol. The highest BCUT2D eigenvalue weighted by atomic mass is 32.2. The molecule has 0 spiro atoms. The van der Waals surface area contributed by atoms with E-state index in [-0.39, 0.29) is 0 Å². The maximum Gasteiger partial charge on any atom is 0.208 e. The summed E-state index contributed by atoms with van der Waals surface area (Å²) in [6.45, 7) is 2.44. The fraction of sp³-hybridized carbons (Fsp3) is 0.294. The highest BCUT2D eigenvalue weighted by molar-refractivity contribution is 8.14. The number of aliphatic imine (C=N–C) groups is 1. The second kappa shape index (κ2) is 8.34. The summed E-state index contributed by atoms with van der Waals surface area (Å²) in [5, 5.41) is 5.24. The van der Waals surface area contributed by atoms with E-state index < -0.39 is 10.0 Å². The predicted molar refractivity (Wildman–Crippen MR) is 111 cm³/mol. The van der Waals surface area contributed by atoms with Gasteiger partial charge in [0, 0.05) is 17.2 Å². The number of rotatable bonds is 6. The topological polar surface area (TPSA) is 82.9 Å². The van der Waals surface area contributed by atoms with Crippen molar-refractivity contribution in [3.05, 3.63) is 51.7 Å². The van der Waals surface area contributed by atoms with E-state index in [1.807, 2.05) is 43.3 Å². The molecule has 2 N–H and O–H groups in total. The van der Waals surface area contributed by atoms with Crippen molar-refractivity contribution in [2.24, 2.45) is 10.1 Å². The Hall–Kier alpha value is -1.68. The number of hydrogen-bond donors (Lipinski definition) is 2. The molecule has 0 fully saturated rings. The van der Waals surface area contributed by atoms with Gasteiger partial charge in [0.1, 0.15) is 0 Å². The molecule has 2 aromatic rings. The van der Waals surface area contributed by atoms with Gasteiger partial charge < -0.3 is 0 Å². The summed E-state index contributed by atoms with van der Waals surface area (Å²) in [5.41, 5.74) is 6.08. The zero-order valence-corrected chi connectivity index (χ0v) is 17.0. The first kappa shape index (κ1) is 19.1. The van der Waals surface area contributed by atoms with E-state index in [1.165, 1.54) is 6.26 Å². The molecule has 1 aromatic heterocycles. The number of thioether (sulfide) groups is 1. The number of para-hydroxylation sites is 1. The number of benzene rings is 1. The van der Waals surface area contributed by atoms with Crippen LogP contribution in [0, 0.1) is 6.92 Å². The maximum absolute atomic E-state index is 11.1. The first-order chi connectivity index (χ1) is 12.4. The molecule has 2 heterocycles. The molecule has 0 saturated carbocycles.